The van der Waals surface area contributed by atoms with Crippen LogP contribution in [0.25, 0.3) is 10.9 Å². The van der Waals surface area contributed by atoms with Crippen molar-refractivity contribution in [3.8, 4) is 0 Å². The Bertz CT molecular complexity index is 947. The Kier molecular flexibility index (Phi) is 3.96. The van der Waals surface area contributed by atoms with Gasteiger partial charge in [0.2, 0.25) is 11.8 Å². The first kappa shape index (κ1) is 15.8. The number of piperazine rings is 1. The van der Waals surface area contributed by atoms with Gasteiger partial charge in [-0.25, -0.2) is 4.98 Å². The molecule has 0 saturated carbocycles. The Morgan fingerprint density at radius 1 is 1.36 bits per heavy atom. The summed E-state index contributed by atoms with van der Waals surface area (Å²) in [7, 11) is 0. The van der Waals surface area contributed by atoms with E-state index in [1.807, 2.05) is 30.5 Å². The summed E-state index contributed by atoms with van der Waals surface area (Å²) in [6.45, 7) is 3.03. The summed E-state index contributed by atoms with van der Waals surface area (Å²) in [4.78, 5) is 32.6. The standard InChI is InChI=1S/C17H17N5O2S/c1-11-19-13(10-25-11)7-16(23)21-4-5-22(17(24)9-21)14-2-3-15-12(6-14)8-18-20-15/h2-3,6,8,10H,4-5,7,9H2,1H3,(H,18,20). The molecule has 0 unspecified atom stereocenters. The van der Waals surface area contributed by atoms with Crippen LogP contribution in [-0.4, -0.2) is 51.5 Å². The molecule has 0 atom stereocenters. The monoisotopic (exact) mass is 355 g/mol. The molecular weight excluding hydrogens is 338 g/mol. The van der Waals surface area contributed by atoms with Gasteiger partial charge in [0.1, 0.15) is 6.54 Å². The van der Waals surface area contributed by atoms with Crippen molar-refractivity contribution in [1.82, 2.24) is 20.1 Å². The average molecular weight is 355 g/mol. The number of hydrogen-bond acceptors (Lipinski definition) is 5. The molecule has 1 aliphatic heterocycles. The second-order valence-corrected chi connectivity index (χ2v) is 7.10. The minimum absolute atomic E-state index is 0.0522. The lowest BCUT2D eigenvalue weighted by Crippen LogP contribution is -2.52. The highest BCUT2D eigenvalue weighted by Gasteiger charge is 2.28. The van der Waals surface area contributed by atoms with E-state index in [9.17, 15) is 9.59 Å². The molecule has 1 aliphatic rings. The van der Waals surface area contributed by atoms with Crippen LogP contribution in [0.1, 0.15) is 10.7 Å². The third-order valence-electron chi connectivity index (χ3n) is 4.31. The number of aromatic nitrogens is 3. The Balaban J connectivity index is 1.44. The number of fused-ring (bicyclic) bond motifs is 1. The number of carbonyl (C=O) groups is 2. The minimum atomic E-state index is -0.0723. The smallest absolute Gasteiger partial charge is 0.246 e. The molecule has 8 heteroatoms. The van der Waals surface area contributed by atoms with E-state index in [4.69, 9.17) is 0 Å². The van der Waals surface area contributed by atoms with Crippen LogP contribution in [0.4, 0.5) is 5.69 Å². The van der Waals surface area contributed by atoms with Crippen molar-refractivity contribution in [2.75, 3.05) is 24.5 Å². The van der Waals surface area contributed by atoms with E-state index >= 15 is 0 Å². The molecule has 25 heavy (non-hydrogen) atoms. The fraction of sp³-hybridized carbons (Fsp3) is 0.294. The number of nitrogens with zero attached hydrogens (tertiary/aromatic N) is 4. The highest BCUT2D eigenvalue weighted by Crippen LogP contribution is 2.22. The van der Waals surface area contributed by atoms with E-state index in [0.29, 0.717) is 13.1 Å². The quantitative estimate of drug-likeness (QED) is 0.776. The summed E-state index contributed by atoms with van der Waals surface area (Å²) in [5, 5.41) is 10.7. The van der Waals surface area contributed by atoms with E-state index in [-0.39, 0.29) is 24.8 Å². The lowest BCUT2D eigenvalue weighted by molar-refractivity contribution is -0.136. The van der Waals surface area contributed by atoms with Gasteiger partial charge >= 0.3 is 0 Å². The first-order chi connectivity index (χ1) is 12.1. The molecule has 0 spiro atoms. The van der Waals surface area contributed by atoms with Crippen molar-refractivity contribution in [2.24, 2.45) is 0 Å². The molecule has 3 heterocycles. The number of aromatic amines is 1. The largest absolute Gasteiger partial charge is 0.331 e. The van der Waals surface area contributed by atoms with Crippen LogP contribution in [0.15, 0.2) is 29.8 Å². The van der Waals surface area contributed by atoms with Crippen molar-refractivity contribution in [3.63, 3.8) is 0 Å². The summed E-state index contributed by atoms with van der Waals surface area (Å²) >= 11 is 1.53. The Morgan fingerprint density at radius 3 is 3.00 bits per heavy atom. The molecule has 0 bridgehead atoms. The summed E-state index contributed by atoms with van der Waals surface area (Å²) in [5.74, 6) is -0.125. The van der Waals surface area contributed by atoms with Gasteiger partial charge in [0.25, 0.3) is 0 Å². The van der Waals surface area contributed by atoms with Gasteiger partial charge in [-0.05, 0) is 25.1 Å². The second-order valence-electron chi connectivity index (χ2n) is 6.04. The van der Waals surface area contributed by atoms with Gasteiger partial charge in [-0.1, -0.05) is 0 Å². The molecule has 4 rings (SSSR count). The molecule has 7 nitrogen and oxygen atoms in total. The number of aryl methyl sites for hydroxylation is 1. The van der Waals surface area contributed by atoms with Gasteiger partial charge in [-0.15, -0.1) is 11.3 Å². The second kappa shape index (κ2) is 6.29. The Hall–Kier alpha value is -2.74. The average Bonchev–Trinajstić information content (AvgIpc) is 3.22. The summed E-state index contributed by atoms with van der Waals surface area (Å²) < 4.78 is 0. The van der Waals surface area contributed by atoms with Crippen LogP contribution in [0, 0.1) is 6.92 Å². The van der Waals surface area contributed by atoms with Crippen molar-refractivity contribution in [1.29, 1.82) is 0 Å². The molecule has 1 aromatic carbocycles. The van der Waals surface area contributed by atoms with Crippen LogP contribution in [0.2, 0.25) is 0 Å². The zero-order valence-electron chi connectivity index (χ0n) is 13.7. The number of thiazole rings is 1. The fourth-order valence-corrected chi connectivity index (χ4v) is 3.63. The number of carbonyl (C=O) groups excluding carboxylic acids is 2. The molecule has 1 fully saturated rings. The highest BCUT2D eigenvalue weighted by atomic mass is 32.1. The molecule has 2 aromatic heterocycles. The van der Waals surface area contributed by atoms with Crippen LogP contribution in [-0.2, 0) is 16.0 Å². The van der Waals surface area contributed by atoms with Gasteiger partial charge in [0.05, 0.1) is 28.8 Å². The topological polar surface area (TPSA) is 82.2 Å². The Morgan fingerprint density at radius 2 is 2.24 bits per heavy atom. The fourth-order valence-electron chi connectivity index (χ4n) is 3.01. The maximum absolute atomic E-state index is 12.5. The van der Waals surface area contributed by atoms with Crippen molar-refractivity contribution in [3.05, 3.63) is 40.5 Å². The van der Waals surface area contributed by atoms with Crippen molar-refractivity contribution >= 4 is 39.7 Å². The Labute approximate surface area is 148 Å². The SMILES string of the molecule is Cc1nc(CC(=O)N2CCN(c3ccc4[nH]ncc4c3)C(=O)C2)cs1. The normalized spacial score (nSPS) is 15.2. The zero-order valence-corrected chi connectivity index (χ0v) is 14.5. The zero-order chi connectivity index (χ0) is 17.4. The molecule has 3 aromatic rings. The lowest BCUT2D eigenvalue weighted by Gasteiger charge is -2.34. The number of rotatable bonds is 3. The van der Waals surface area contributed by atoms with E-state index in [1.165, 1.54) is 11.3 Å². The van der Waals surface area contributed by atoms with Crippen LogP contribution < -0.4 is 4.90 Å². The van der Waals surface area contributed by atoms with E-state index in [0.717, 1.165) is 27.3 Å². The molecule has 1 N–H and O–H groups in total. The number of H-pyrrole nitrogens is 1. The van der Waals surface area contributed by atoms with Gasteiger partial charge < -0.3 is 9.80 Å². The maximum Gasteiger partial charge on any atom is 0.246 e. The van der Waals surface area contributed by atoms with E-state index in [1.54, 1.807) is 16.0 Å². The highest BCUT2D eigenvalue weighted by molar-refractivity contribution is 7.09. The molecule has 0 aliphatic carbocycles. The van der Waals surface area contributed by atoms with Crippen LogP contribution >= 0.6 is 11.3 Å². The number of nitrogens with one attached hydrogen (secondary N) is 1. The van der Waals surface area contributed by atoms with Crippen molar-refractivity contribution < 1.29 is 9.59 Å². The number of hydrogen-bond donors (Lipinski definition) is 1. The minimum Gasteiger partial charge on any atom is -0.331 e. The van der Waals surface area contributed by atoms with Gasteiger partial charge in [-0.3, -0.25) is 14.7 Å². The molecular formula is C17H17N5O2S. The van der Waals surface area contributed by atoms with E-state index in [2.05, 4.69) is 15.2 Å². The van der Waals surface area contributed by atoms with Crippen molar-refractivity contribution in [2.45, 2.75) is 13.3 Å². The first-order valence-corrected chi connectivity index (χ1v) is 8.90. The predicted octanol–water partition coefficient (Wildman–Crippen LogP) is 1.75. The molecule has 2 amide bonds. The lowest BCUT2D eigenvalue weighted by atomic mass is 10.2. The van der Waals surface area contributed by atoms with Gasteiger partial charge in [0.15, 0.2) is 0 Å². The summed E-state index contributed by atoms with van der Waals surface area (Å²) in [5.41, 5.74) is 2.54. The predicted molar refractivity (Wildman–Crippen MR) is 95.6 cm³/mol. The van der Waals surface area contributed by atoms with Gasteiger partial charge in [-0.2, -0.15) is 5.10 Å². The number of amides is 2. The van der Waals surface area contributed by atoms with Gasteiger partial charge in [0, 0.05) is 29.5 Å². The van der Waals surface area contributed by atoms with Crippen LogP contribution in [0.3, 0.4) is 0 Å². The third kappa shape index (κ3) is 3.12. The van der Waals surface area contributed by atoms with Crippen LogP contribution in [0.5, 0.6) is 0 Å². The molecule has 1 saturated heterocycles. The number of benzene rings is 1. The summed E-state index contributed by atoms with van der Waals surface area (Å²) in [6.07, 6.45) is 1.98. The first-order valence-electron chi connectivity index (χ1n) is 8.02. The molecule has 128 valence electrons. The maximum atomic E-state index is 12.5. The number of anilines is 1. The molecule has 0 radical (unpaired) electrons. The third-order valence-corrected chi connectivity index (χ3v) is 5.13. The van der Waals surface area contributed by atoms with E-state index < -0.39 is 0 Å². The summed E-state index contributed by atoms with van der Waals surface area (Å²) in [6, 6.07) is 5.74.